The molecule has 1 aliphatic rings. The normalized spacial score (nSPS) is 21.3. The highest BCUT2D eigenvalue weighted by atomic mass is 16.3. The second-order valence-corrected chi connectivity index (χ2v) is 4.92. The van der Waals surface area contributed by atoms with E-state index in [1.54, 1.807) is 0 Å². The third kappa shape index (κ3) is 3.68. The highest BCUT2D eigenvalue weighted by Crippen LogP contribution is 2.12. The maximum atomic E-state index is 12.0. The van der Waals surface area contributed by atoms with Gasteiger partial charge >= 0.3 is 0 Å². The van der Waals surface area contributed by atoms with Crippen molar-refractivity contribution in [2.75, 3.05) is 32.8 Å². The van der Waals surface area contributed by atoms with Crippen molar-refractivity contribution in [1.29, 1.82) is 0 Å². The van der Waals surface area contributed by atoms with Crippen LogP contribution in [0.25, 0.3) is 0 Å². The third-order valence-corrected chi connectivity index (χ3v) is 3.86. The molecule has 1 aliphatic heterocycles. The minimum Gasteiger partial charge on any atom is -0.395 e. The molecular weight excluding hydrogens is 216 g/mol. The lowest BCUT2D eigenvalue weighted by Gasteiger charge is -2.39. The number of hydrogen-bond acceptors (Lipinski definition) is 3. The van der Waals surface area contributed by atoms with E-state index in [1.807, 2.05) is 11.8 Å². The zero-order valence-electron chi connectivity index (χ0n) is 11.4. The van der Waals surface area contributed by atoms with Gasteiger partial charge in [0, 0.05) is 38.1 Å². The molecular formula is C13H26N2O2. The van der Waals surface area contributed by atoms with E-state index in [2.05, 4.69) is 18.7 Å². The van der Waals surface area contributed by atoms with Crippen molar-refractivity contribution in [3.63, 3.8) is 0 Å². The van der Waals surface area contributed by atoms with Crippen molar-refractivity contribution in [2.24, 2.45) is 5.92 Å². The summed E-state index contributed by atoms with van der Waals surface area (Å²) in [6.45, 7) is 9.75. The van der Waals surface area contributed by atoms with Crippen LogP contribution >= 0.6 is 0 Å². The van der Waals surface area contributed by atoms with E-state index >= 15 is 0 Å². The first-order valence-electron chi connectivity index (χ1n) is 6.77. The number of rotatable bonds is 5. The molecule has 0 aliphatic carbocycles. The number of amides is 1. The largest absolute Gasteiger partial charge is 0.395 e. The Labute approximate surface area is 105 Å². The Morgan fingerprint density at radius 1 is 1.18 bits per heavy atom. The van der Waals surface area contributed by atoms with E-state index in [0.29, 0.717) is 0 Å². The lowest BCUT2D eigenvalue weighted by Crippen LogP contribution is -2.53. The Hall–Kier alpha value is -0.610. The second-order valence-electron chi connectivity index (χ2n) is 4.92. The Morgan fingerprint density at radius 2 is 1.76 bits per heavy atom. The van der Waals surface area contributed by atoms with Gasteiger partial charge in [0.1, 0.15) is 0 Å². The molecule has 0 aromatic carbocycles. The van der Waals surface area contributed by atoms with E-state index in [0.717, 1.165) is 39.0 Å². The molecule has 0 spiro atoms. The topological polar surface area (TPSA) is 43.8 Å². The number of hydrogen-bond donors (Lipinski definition) is 1. The van der Waals surface area contributed by atoms with Crippen LogP contribution in [0.2, 0.25) is 0 Å². The summed E-state index contributed by atoms with van der Waals surface area (Å²) in [6, 6.07) is 0.260. The smallest absolute Gasteiger partial charge is 0.225 e. The number of nitrogens with zero attached hydrogens (tertiary/aromatic N) is 2. The molecule has 4 nitrogen and oxygen atoms in total. The minimum atomic E-state index is 0.140. The van der Waals surface area contributed by atoms with Gasteiger partial charge in [0.05, 0.1) is 6.61 Å². The first kappa shape index (κ1) is 14.5. The molecule has 1 saturated heterocycles. The molecule has 0 bridgehead atoms. The van der Waals surface area contributed by atoms with Gasteiger partial charge < -0.3 is 10.0 Å². The van der Waals surface area contributed by atoms with Crippen molar-refractivity contribution in [3.05, 3.63) is 0 Å². The van der Waals surface area contributed by atoms with Gasteiger partial charge in [-0.2, -0.15) is 0 Å². The maximum absolute atomic E-state index is 12.0. The van der Waals surface area contributed by atoms with Gasteiger partial charge in [-0.1, -0.05) is 20.8 Å². The van der Waals surface area contributed by atoms with Crippen LogP contribution in [0.5, 0.6) is 0 Å². The van der Waals surface area contributed by atoms with Gasteiger partial charge in [-0.05, 0) is 12.8 Å². The number of carbonyl (C=O) groups is 1. The third-order valence-electron chi connectivity index (χ3n) is 3.86. The fraction of sp³-hybridized carbons (Fsp3) is 0.923. The van der Waals surface area contributed by atoms with E-state index in [9.17, 15) is 9.90 Å². The Balaban J connectivity index is 2.42. The standard InChI is InChI=1S/C13H26N2O2/c1-4-11(3)13(17)15-8-6-14(7-9-15)12(5-2)10-16/h11-12,16H,4-10H2,1-3H3. The molecule has 1 rings (SSSR count). The van der Waals surface area contributed by atoms with Gasteiger partial charge in [0.25, 0.3) is 0 Å². The fourth-order valence-electron chi connectivity index (χ4n) is 2.30. The van der Waals surface area contributed by atoms with Gasteiger partial charge in [0.15, 0.2) is 0 Å². The van der Waals surface area contributed by atoms with E-state index < -0.39 is 0 Å². The van der Waals surface area contributed by atoms with Crippen molar-refractivity contribution >= 4 is 5.91 Å². The van der Waals surface area contributed by atoms with Gasteiger partial charge in [-0.15, -0.1) is 0 Å². The van der Waals surface area contributed by atoms with Gasteiger partial charge in [-0.3, -0.25) is 9.69 Å². The number of carbonyl (C=O) groups excluding carboxylic acids is 1. The monoisotopic (exact) mass is 242 g/mol. The number of aliphatic hydroxyl groups is 1. The summed E-state index contributed by atoms with van der Waals surface area (Å²) in [5.74, 6) is 0.422. The Morgan fingerprint density at radius 3 is 2.18 bits per heavy atom. The predicted octanol–water partition coefficient (Wildman–Crippen LogP) is 0.948. The first-order chi connectivity index (χ1) is 8.13. The van der Waals surface area contributed by atoms with Crippen LogP contribution in [0.1, 0.15) is 33.6 Å². The molecule has 0 aromatic rings. The summed E-state index contributed by atoms with van der Waals surface area (Å²) in [5, 5.41) is 9.26. The zero-order chi connectivity index (χ0) is 12.8. The summed E-state index contributed by atoms with van der Waals surface area (Å²) in [6.07, 6.45) is 1.88. The van der Waals surface area contributed by atoms with Gasteiger partial charge in [-0.25, -0.2) is 0 Å². The lowest BCUT2D eigenvalue weighted by molar-refractivity contribution is -0.137. The molecule has 1 fully saturated rings. The van der Waals surface area contributed by atoms with Crippen LogP contribution in [0.3, 0.4) is 0 Å². The lowest BCUT2D eigenvalue weighted by atomic mass is 10.1. The predicted molar refractivity (Wildman–Crippen MR) is 68.8 cm³/mol. The first-order valence-corrected chi connectivity index (χ1v) is 6.77. The summed E-state index contributed by atoms with van der Waals surface area (Å²) in [5.41, 5.74) is 0. The van der Waals surface area contributed by atoms with Crippen molar-refractivity contribution in [3.8, 4) is 0 Å². The van der Waals surface area contributed by atoms with Crippen LogP contribution in [0.4, 0.5) is 0 Å². The van der Waals surface area contributed by atoms with Crippen LogP contribution in [0, 0.1) is 5.92 Å². The van der Waals surface area contributed by atoms with Crippen LogP contribution in [-0.2, 0) is 4.79 Å². The van der Waals surface area contributed by atoms with Crippen molar-refractivity contribution < 1.29 is 9.90 Å². The summed E-state index contributed by atoms with van der Waals surface area (Å²) in [4.78, 5) is 16.3. The quantitative estimate of drug-likeness (QED) is 0.780. The fourth-order valence-corrected chi connectivity index (χ4v) is 2.30. The van der Waals surface area contributed by atoms with Crippen molar-refractivity contribution in [2.45, 2.75) is 39.7 Å². The minimum absolute atomic E-state index is 0.140. The Bertz CT molecular complexity index is 234. The number of piperazine rings is 1. The SMILES string of the molecule is CCC(C)C(=O)N1CCN(C(CC)CO)CC1. The van der Waals surface area contributed by atoms with Crippen LogP contribution < -0.4 is 0 Å². The summed E-state index contributed by atoms with van der Waals surface area (Å²) >= 11 is 0. The molecule has 2 atom stereocenters. The molecule has 0 saturated carbocycles. The van der Waals surface area contributed by atoms with Crippen LogP contribution in [0.15, 0.2) is 0 Å². The van der Waals surface area contributed by atoms with E-state index in [4.69, 9.17) is 0 Å². The van der Waals surface area contributed by atoms with Gasteiger partial charge in [0.2, 0.25) is 5.91 Å². The molecule has 2 unspecified atom stereocenters. The molecule has 0 aromatic heterocycles. The average Bonchev–Trinajstić information content (AvgIpc) is 2.39. The highest BCUT2D eigenvalue weighted by Gasteiger charge is 2.26. The molecule has 0 radical (unpaired) electrons. The molecule has 17 heavy (non-hydrogen) atoms. The second kappa shape index (κ2) is 6.97. The zero-order valence-corrected chi connectivity index (χ0v) is 11.4. The van der Waals surface area contributed by atoms with Crippen molar-refractivity contribution in [1.82, 2.24) is 9.80 Å². The summed E-state index contributed by atoms with van der Waals surface area (Å²) < 4.78 is 0. The maximum Gasteiger partial charge on any atom is 0.225 e. The molecule has 100 valence electrons. The summed E-state index contributed by atoms with van der Waals surface area (Å²) in [7, 11) is 0. The number of aliphatic hydroxyl groups excluding tert-OH is 1. The average molecular weight is 242 g/mol. The van der Waals surface area contributed by atoms with E-state index in [1.165, 1.54) is 0 Å². The molecule has 1 amide bonds. The van der Waals surface area contributed by atoms with Crippen LogP contribution in [-0.4, -0.2) is 59.6 Å². The highest BCUT2D eigenvalue weighted by molar-refractivity contribution is 5.78. The molecule has 1 N–H and O–H groups in total. The molecule has 1 heterocycles. The molecule has 4 heteroatoms. The Kier molecular flexibility index (Phi) is 5.92. The van der Waals surface area contributed by atoms with E-state index in [-0.39, 0.29) is 24.5 Å².